The highest BCUT2D eigenvalue weighted by atomic mass is 32.1. The predicted octanol–water partition coefficient (Wildman–Crippen LogP) is 3.01. The number of hydrogen-bond acceptors (Lipinski definition) is 5. The molecule has 5 heteroatoms. The van der Waals surface area contributed by atoms with Crippen LogP contribution in [0, 0.1) is 18.8 Å². The molecule has 1 aromatic heterocycles. The first-order valence-corrected chi connectivity index (χ1v) is 8.40. The zero-order valence-corrected chi connectivity index (χ0v) is 13.1. The largest absolute Gasteiger partial charge is 0.455 e. The lowest BCUT2D eigenvalue weighted by Gasteiger charge is -2.38. The van der Waals surface area contributed by atoms with Crippen LogP contribution in [0.4, 0.5) is 0 Å². The standard InChI is InChI=1S/C16H19NO3S/c1-9-5-11-3-4-14-16(11,13(6-9)15(18)20-14)19-8-12-7-17-10(2)21-12/h6-7,9,11,14H,3-5,8H2,1-2H3/t9-,11?,14+,16-/m0/s1. The molecule has 1 aromatic rings. The summed E-state index contributed by atoms with van der Waals surface area (Å²) in [7, 11) is 0. The number of carbonyl (C=O) groups is 1. The highest BCUT2D eigenvalue weighted by molar-refractivity contribution is 7.11. The van der Waals surface area contributed by atoms with Gasteiger partial charge in [0.05, 0.1) is 22.1 Å². The van der Waals surface area contributed by atoms with Crippen LogP contribution in [-0.2, 0) is 20.9 Å². The van der Waals surface area contributed by atoms with E-state index < -0.39 is 5.60 Å². The van der Waals surface area contributed by atoms with Crippen molar-refractivity contribution in [3.05, 3.63) is 27.7 Å². The maximum atomic E-state index is 12.2. The number of thiazole rings is 1. The van der Waals surface area contributed by atoms with Gasteiger partial charge >= 0.3 is 5.97 Å². The van der Waals surface area contributed by atoms with Crippen molar-refractivity contribution in [1.82, 2.24) is 4.98 Å². The Kier molecular flexibility index (Phi) is 2.98. The van der Waals surface area contributed by atoms with Crippen LogP contribution in [0.15, 0.2) is 17.8 Å². The minimum Gasteiger partial charge on any atom is -0.455 e. The molecule has 1 saturated carbocycles. The highest BCUT2D eigenvalue weighted by Crippen LogP contribution is 2.55. The van der Waals surface area contributed by atoms with Gasteiger partial charge in [-0.05, 0) is 38.0 Å². The Labute approximate surface area is 128 Å². The smallest absolute Gasteiger partial charge is 0.337 e. The van der Waals surface area contributed by atoms with Gasteiger partial charge in [0.1, 0.15) is 11.7 Å². The number of nitrogens with zero attached hydrogens (tertiary/aromatic N) is 1. The summed E-state index contributed by atoms with van der Waals surface area (Å²) in [5, 5.41) is 1.04. The normalized spacial score (nSPS) is 37.3. The van der Waals surface area contributed by atoms with Crippen LogP contribution < -0.4 is 0 Å². The Bertz CT molecular complexity index is 623. The van der Waals surface area contributed by atoms with E-state index in [1.807, 2.05) is 13.1 Å². The molecule has 3 aliphatic rings. The lowest BCUT2D eigenvalue weighted by molar-refractivity contribution is -0.142. The quantitative estimate of drug-likeness (QED) is 0.806. The van der Waals surface area contributed by atoms with Crippen molar-refractivity contribution >= 4 is 17.3 Å². The molecule has 0 N–H and O–H groups in total. The minimum atomic E-state index is -0.499. The Morgan fingerprint density at radius 3 is 3.14 bits per heavy atom. The van der Waals surface area contributed by atoms with Crippen molar-refractivity contribution in [2.24, 2.45) is 11.8 Å². The Morgan fingerprint density at radius 1 is 1.52 bits per heavy atom. The number of aromatic nitrogens is 1. The Morgan fingerprint density at radius 2 is 2.38 bits per heavy atom. The second-order valence-corrected chi connectivity index (χ2v) is 7.71. The van der Waals surface area contributed by atoms with Gasteiger partial charge in [-0.3, -0.25) is 0 Å². The zero-order valence-electron chi connectivity index (χ0n) is 12.3. The van der Waals surface area contributed by atoms with E-state index >= 15 is 0 Å². The van der Waals surface area contributed by atoms with Crippen molar-refractivity contribution < 1.29 is 14.3 Å². The van der Waals surface area contributed by atoms with E-state index in [9.17, 15) is 4.79 Å². The minimum absolute atomic E-state index is 0.0947. The monoisotopic (exact) mass is 305 g/mol. The van der Waals surface area contributed by atoms with Crippen molar-refractivity contribution in [3.63, 3.8) is 0 Å². The summed E-state index contributed by atoms with van der Waals surface area (Å²) in [4.78, 5) is 17.6. The molecule has 0 radical (unpaired) electrons. The molecular formula is C16H19NO3S. The van der Waals surface area contributed by atoms with Crippen LogP contribution in [0.3, 0.4) is 0 Å². The molecule has 1 saturated heterocycles. The second-order valence-electron chi connectivity index (χ2n) is 6.39. The van der Waals surface area contributed by atoms with Crippen molar-refractivity contribution in [2.75, 3.05) is 0 Å². The third-order valence-electron chi connectivity index (χ3n) is 4.98. The van der Waals surface area contributed by atoms with Crippen molar-refractivity contribution in [2.45, 2.75) is 51.4 Å². The average molecular weight is 305 g/mol. The second kappa shape index (κ2) is 4.65. The predicted molar refractivity (Wildman–Crippen MR) is 78.8 cm³/mol. The Balaban J connectivity index is 1.66. The number of esters is 1. The first-order chi connectivity index (χ1) is 10.1. The maximum absolute atomic E-state index is 12.2. The summed E-state index contributed by atoms with van der Waals surface area (Å²) in [6.45, 7) is 4.68. The van der Waals surface area contributed by atoms with E-state index in [2.05, 4.69) is 18.0 Å². The van der Waals surface area contributed by atoms with Gasteiger partial charge in [-0.2, -0.15) is 0 Å². The molecule has 2 fully saturated rings. The van der Waals surface area contributed by atoms with Crippen molar-refractivity contribution in [3.8, 4) is 0 Å². The van der Waals surface area contributed by atoms with Gasteiger partial charge < -0.3 is 9.47 Å². The summed E-state index contributed by atoms with van der Waals surface area (Å²) in [5.74, 6) is 0.659. The molecule has 1 aliphatic heterocycles. The molecule has 0 aromatic carbocycles. The molecule has 1 unspecified atom stereocenters. The molecule has 2 aliphatic carbocycles. The topological polar surface area (TPSA) is 48.4 Å². The Hall–Kier alpha value is -1.20. The summed E-state index contributed by atoms with van der Waals surface area (Å²) >= 11 is 1.65. The lowest BCUT2D eigenvalue weighted by atomic mass is 9.73. The van der Waals surface area contributed by atoms with Gasteiger partial charge in [0.15, 0.2) is 0 Å². The van der Waals surface area contributed by atoms with E-state index in [0.29, 0.717) is 18.4 Å². The molecule has 21 heavy (non-hydrogen) atoms. The van der Waals surface area contributed by atoms with Gasteiger partial charge in [-0.15, -0.1) is 11.3 Å². The van der Waals surface area contributed by atoms with Crippen LogP contribution >= 0.6 is 11.3 Å². The first-order valence-electron chi connectivity index (χ1n) is 7.58. The van der Waals surface area contributed by atoms with Crippen LogP contribution in [0.2, 0.25) is 0 Å². The summed E-state index contributed by atoms with van der Waals surface area (Å²) < 4.78 is 12.0. The van der Waals surface area contributed by atoms with Gasteiger partial charge in [0.2, 0.25) is 0 Å². The number of rotatable bonds is 3. The maximum Gasteiger partial charge on any atom is 0.337 e. The van der Waals surface area contributed by atoms with Crippen LogP contribution in [0.5, 0.6) is 0 Å². The lowest BCUT2D eigenvalue weighted by Crippen LogP contribution is -2.46. The van der Waals surface area contributed by atoms with E-state index in [1.54, 1.807) is 11.3 Å². The molecule has 0 amide bonds. The van der Waals surface area contributed by atoms with E-state index in [-0.39, 0.29) is 12.1 Å². The number of ether oxygens (including phenoxy) is 2. The molecule has 4 atom stereocenters. The third-order valence-corrected chi connectivity index (χ3v) is 5.87. The van der Waals surface area contributed by atoms with Gasteiger partial charge in [-0.1, -0.05) is 13.0 Å². The number of allylic oxidation sites excluding steroid dienone is 1. The highest BCUT2D eigenvalue weighted by Gasteiger charge is 2.63. The first kappa shape index (κ1) is 13.5. The fraction of sp³-hybridized carbons (Fsp3) is 0.625. The SMILES string of the molecule is Cc1ncc(CO[C@]23C4=C[C@@H](C)CC2CC[C@H]3OC4=O)s1. The molecule has 112 valence electrons. The van der Waals surface area contributed by atoms with Gasteiger partial charge in [0.25, 0.3) is 0 Å². The van der Waals surface area contributed by atoms with Crippen LogP contribution in [-0.4, -0.2) is 22.7 Å². The van der Waals surface area contributed by atoms with E-state index in [1.165, 1.54) is 0 Å². The number of carbonyl (C=O) groups excluding carboxylic acids is 1. The van der Waals surface area contributed by atoms with Gasteiger partial charge in [-0.25, -0.2) is 9.78 Å². The molecular weight excluding hydrogens is 286 g/mol. The molecule has 0 bridgehead atoms. The fourth-order valence-electron chi connectivity index (χ4n) is 4.18. The van der Waals surface area contributed by atoms with E-state index in [0.717, 1.165) is 34.7 Å². The summed E-state index contributed by atoms with van der Waals surface area (Å²) in [5.41, 5.74) is 0.275. The average Bonchev–Trinajstić information content (AvgIpc) is 3.08. The number of hydrogen-bond donors (Lipinski definition) is 0. The molecule has 4 rings (SSSR count). The van der Waals surface area contributed by atoms with Crippen LogP contribution in [0.1, 0.15) is 36.1 Å². The van der Waals surface area contributed by atoms with Crippen molar-refractivity contribution in [1.29, 1.82) is 0 Å². The summed E-state index contributed by atoms with van der Waals surface area (Å²) in [6, 6.07) is 0. The van der Waals surface area contributed by atoms with E-state index in [4.69, 9.17) is 9.47 Å². The van der Waals surface area contributed by atoms with Gasteiger partial charge in [0, 0.05) is 6.20 Å². The molecule has 4 nitrogen and oxygen atoms in total. The molecule has 0 spiro atoms. The van der Waals surface area contributed by atoms with Crippen LogP contribution in [0.25, 0.3) is 0 Å². The molecule has 2 heterocycles. The fourth-order valence-corrected chi connectivity index (χ4v) is 4.89. The zero-order chi connectivity index (χ0) is 14.6. The third kappa shape index (κ3) is 1.90. The summed E-state index contributed by atoms with van der Waals surface area (Å²) in [6.07, 6.45) is 6.93. The number of aryl methyl sites for hydroxylation is 1.